The molecule has 1 aliphatic heterocycles. The van der Waals surface area contributed by atoms with E-state index >= 15 is 0 Å². The van der Waals surface area contributed by atoms with Crippen molar-refractivity contribution in [3.8, 4) is 11.5 Å². The first-order chi connectivity index (χ1) is 10.3. The molecule has 1 aliphatic rings. The summed E-state index contributed by atoms with van der Waals surface area (Å²) in [5.74, 6) is 2.70. The van der Waals surface area contributed by atoms with Crippen LogP contribution in [0.15, 0.2) is 36.7 Å². The van der Waals surface area contributed by atoms with Crippen LogP contribution in [0.4, 0.5) is 0 Å². The first kappa shape index (κ1) is 13.9. The number of nitrogens with one attached hydrogen (secondary N) is 1. The summed E-state index contributed by atoms with van der Waals surface area (Å²) < 4.78 is 14.0. The van der Waals surface area contributed by atoms with Gasteiger partial charge in [-0.1, -0.05) is 12.1 Å². The Morgan fingerprint density at radius 3 is 2.95 bits per heavy atom. The summed E-state index contributed by atoms with van der Waals surface area (Å²) in [6.45, 7) is 3.60. The maximum atomic E-state index is 6.08. The van der Waals surface area contributed by atoms with Crippen LogP contribution in [0.2, 0.25) is 0 Å². The molecule has 2 heterocycles. The van der Waals surface area contributed by atoms with E-state index in [1.807, 2.05) is 43.7 Å². The average molecular weight is 287 g/mol. The second-order valence-corrected chi connectivity index (χ2v) is 5.14. The summed E-state index contributed by atoms with van der Waals surface area (Å²) in [4.78, 5) is 4.44. The SMILES string of the molecule is CCn1ccnc1CC(NC)C1COc2ccccc2O1. The maximum absolute atomic E-state index is 6.08. The molecule has 1 N–H and O–H groups in total. The fraction of sp³-hybridized carbons (Fsp3) is 0.438. The third kappa shape index (κ3) is 2.88. The van der Waals surface area contributed by atoms with E-state index in [1.54, 1.807) is 0 Å². The fourth-order valence-electron chi connectivity index (χ4n) is 2.67. The molecular weight excluding hydrogens is 266 g/mol. The van der Waals surface area contributed by atoms with Crippen molar-refractivity contribution in [1.29, 1.82) is 0 Å². The average Bonchev–Trinajstić information content (AvgIpc) is 2.99. The van der Waals surface area contributed by atoms with E-state index in [0.29, 0.717) is 6.61 Å². The Bertz CT molecular complexity index is 597. The molecule has 3 rings (SSSR count). The van der Waals surface area contributed by atoms with E-state index in [1.165, 1.54) is 0 Å². The van der Waals surface area contributed by atoms with Gasteiger partial charge in [0.05, 0.1) is 6.04 Å². The number of nitrogens with zero attached hydrogens (tertiary/aromatic N) is 2. The fourth-order valence-corrected chi connectivity index (χ4v) is 2.67. The van der Waals surface area contributed by atoms with Gasteiger partial charge in [-0.2, -0.15) is 0 Å². The smallest absolute Gasteiger partial charge is 0.161 e. The van der Waals surface area contributed by atoms with Crippen LogP contribution in [-0.2, 0) is 13.0 Å². The normalized spacial score (nSPS) is 18.5. The van der Waals surface area contributed by atoms with E-state index < -0.39 is 0 Å². The number of hydrogen-bond donors (Lipinski definition) is 1. The van der Waals surface area contributed by atoms with Crippen LogP contribution in [0.1, 0.15) is 12.7 Å². The lowest BCUT2D eigenvalue weighted by Gasteiger charge is -2.32. The van der Waals surface area contributed by atoms with E-state index in [9.17, 15) is 0 Å². The first-order valence-corrected chi connectivity index (χ1v) is 7.37. The van der Waals surface area contributed by atoms with Gasteiger partial charge < -0.3 is 19.4 Å². The summed E-state index contributed by atoms with van der Waals surface area (Å²) in [7, 11) is 1.95. The predicted molar refractivity (Wildman–Crippen MR) is 80.8 cm³/mol. The highest BCUT2D eigenvalue weighted by molar-refractivity contribution is 5.40. The number of hydrogen-bond acceptors (Lipinski definition) is 4. The standard InChI is InChI=1S/C16H21N3O2/c1-3-19-9-8-18-16(19)10-12(17-2)15-11-20-13-6-4-5-7-14(13)21-15/h4-9,12,15,17H,3,10-11H2,1-2H3. The Hall–Kier alpha value is -2.01. The molecule has 0 radical (unpaired) electrons. The number of benzene rings is 1. The minimum atomic E-state index is -0.0214. The van der Waals surface area contributed by atoms with Crippen LogP contribution in [0.3, 0.4) is 0 Å². The molecule has 0 saturated carbocycles. The number of likely N-dealkylation sites (N-methyl/N-ethyl adjacent to an activating group) is 1. The van der Waals surface area contributed by atoms with Crippen molar-refractivity contribution in [3.05, 3.63) is 42.5 Å². The monoisotopic (exact) mass is 287 g/mol. The molecule has 1 aromatic heterocycles. The van der Waals surface area contributed by atoms with Gasteiger partial charge in [-0.3, -0.25) is 0 Å². The number of rotatable bonds is 5. The van der Waals surface area contributed by atoms with Crippen LogP contribution in [-0.4, -0.2) is 35.4 Å². The summed E-state index contributed by atoms with van der Waals surface area (Å²) in [5.41, 5.74) is 0. The largest absolute Gasteiger partial charge is 0.486 e. The lowest BCUT2D eigenvalue weighted by molar-refractivity contribution is 0.0633. The van der Waals surface area contributed by atoms with Gasteiger partial charge in [-0.25, -0.2) is 4.98 Å². The van der Waals surface area contributed by atoms with Gasteiger partial charge in [0.25, 0.3) is 0 Å². The molecular formula is C16H21N3O2. The molecule has 5 nitrogen and oxygen atoms in total. The topological polar surface area (TPSA) is 48.3 Å². The highest BCUT2D eigenvalue weighted by Crippen LogP contribution is 2.31. The van der Waals surface area contributed by atoms with Crippen molar-refractivity contribution in [3.63, 3.8) is 0 Å². The Morgan fingerprint density at radius 2 is 2.19 bits per heavy atom. The molecule has 5 heteroatoms. The molecule has 0 saturated heterocycles. The minimum Gasteiger partial charge on any atom is -0.486 e. The van der Waals surface area contributed by atoms with Crippen LogP contribution in [0, 0.1) is 0 Å². The van der Waals surface area contributed by atoms with Gasteiger partial charge in [0.15, 0.2) is 11.5 Å². The van der Waals surface area contributed by atoms with E-state index in [2.05, 4.69) is 21.8 Å². The third-order valence-corrected chi connectivity index (χ3v) is 3.90. The molecule has 2 unspecified atom stereocenters. The summed E-state index contributed by atoms with van der Waals surface area (Å²) >= 11 is 0. The second-order valence-electron chi connectivity index (χ2n) is 5.14. The molecule has 0 aliphatic carbocycles. The van der Waals surface area contributed by atoms with Gasteiger partial charge in [-0.05, 0) is 26.1 Å². The van der Waals surface area contributed by atoms with Crippen LogP contribution >= 0.6 is 0 Å². The van der Waals surface area contributed by atoms with Crippen molar-refractivity contribution < 1.29 is 9.47 Å². The van der Waals surface area contributed by atoms with Crippen LogP contribution in [0.5, 0.6) is 11.5 Å². The molecule has 0 bridgehead atoms. The van der Waals surface area contributed by atoms with E-state index in [4.69, 9.17) is 9.47 Å². The van der Waals surface area contributed by atoms with Crippen LogP contribution in [0.25, 0.3) is 0 Å². The quantitative estimate of drug-likeness (QED) is 0.912. The van der Waals surface area contributed by atoms with Crippen molar-refractivity contribution >= 4 is 0 Å². The first-order valence-electron chi connectivity index (χ1n) is 7.37. The lowest BCUT2D eigenvalue weighted by Crippen LogP contribution is -2.48. The molecule has 112 valence electrons. The Kier molecular flexibility index (Phi) is 4.10. The number of aryl methyl sites for hydroxylation is 1. The predicted octanol–water partition coefficient (Wildman–Crippen LogP) is 1.87. The van der Waals surface area contributed by atoms with Gasteiger partial charge in [0.1, 0.15) is 18.5 Å². The number of fused-ring (bicyclic) bond motifs is 1. The summed E-state index contributed by atoms with van der Waals surface area (Å²) in [6, 6.07) is 7.95. The molecule has 2 aromatic rings. The molecule has 0 spiro atoms. The Labute approximate surface area is 124 Å². The van der Waals surface area contributed by atoms with Gasteiger partial charge in [0, 0.05) is 25.4 Å². The van der Waals surface area contributed by atoms with Crippen molar-refractivity contribution in [2.45, 2.75) is 32.0 Å². The van der Waals surface area contributed by atoms with E-state index in [-0.39, 0.29) is 12.1 Å². The van der Waals surface area contributed by atoms with Crippen molar-refractivity contribution in [1.82, 2.24) is 14.9 Å². The minimum absolute atomic E-state index is 0.0214. The zero-order valence-electron chi connectivity index (χ0n) is 12.5. The molecule has 21 heavy (non-hydrogen) atoms. The Balaban J connectivity index is 1.73. The number of para-hydroxylation sites is 2. The lowest BCUT2D eigenvalue weighted by atomic mass is 10.1. The molecule has 2 atom stereocenters. The molecule has 0 fully saturated rings. The Morgan fingerprint density at radius 1 is 1.38 bits per heavy atom. The van der Waals surface area contributed by atoms with Crippen molar-refractivity contribution in [2.75, 3.05) is 13.7 Å². The highest BCUT2D eigenvalue weighted by atomic mass is 16.6. The van der Waals surface area contributed by atoms with E-state index in [0.717, 1.165) is 30.3 Å². The van der Waals surface area contributed by atoms with Gasteiger partial charge in [-0.15, -0.1) is 0 Å². The zero-order chi connectivity index (χ0) is 14.7. The second kappa shape index (κ2) is 6.18. The summed E-state index contributed by atoms with van der Waals surface area (Å²) in [6.07, 6.45) is 4.65. The highest BCUT2D eigenvalue weighted by Gasteiger charge is 2.29. The van der Waals surface area contributed by atoms with Crippen LogP contribution < -0.4 is 14.8 Å². The third-order valence-electron chi connectivity index (χ3n) is 3.90. The van der Waals surface area contributed by atoms with Gasteiger partial charge in [0.2, 0.25) is 0 Å². The molecule has 1 aromatic carbocycles. The van der Waals surface area contributed by atoms with Gasteiger partial charge >= 0.3 is 0 Å². The molecule has 0 amide bonds. The number of imidazole rings is 1. The maximum Gasteiger partial charge on any atom is 0.161 e. The number of aromatic nitrogens is 2. The number of ether oxygens (including phenoxy) is 2. The summed E-state index contributed by atoms with van der Waals surface area (Å²) in [5, 5.41) is 3.33. The van der Waals surface area contributed by atoms with Crippen molar-refractivity contribution in [2.24, 2.45) is 0 Å². The zero-order valence-corrected chi connectivity index (χ0v) is 12.5.